The Balaban J connectivity index is 2.04. The molecule has 5 nitrogen and oxygen atoms in total. The molecule has 1 aromatic carbocycles. The summed E-state index contributed by atoms with van der Waals surface area (Å²) in [7, 11) is 1.51. The van der Waals surface area contributed by atoms with Gasteiger partial charge in [-0.2, -0.15) is 0 Å². The lowest BCUT2D eigenvalue weighted by Gasteiger charge is -2.07. The molecule has 1 aromatic heterocycles. The second kappa shape index (κ2) is 8.10. The number of nitrogens with one attached hydrogen (secondary N) is 1. The van der Waals surface area contributed by atoms with Crippen LogP contribution in [0.25, 0.3) is 0 Å². The summed E-state index contributed by atoms with van der Waals surface area (Å²) in [5, 5.41) is 12.7. The van der Waals surface area contributed by atoms with Crippen molar-refractivity contribution < 1.29 is 9.53 Å². The number of unbranched alkanes of at least 4 members (excludes halogenated alkanes) is 2. The molecule has 2 aromatic rings. The van der Waals surface area contributed by atoms with Gasteiger partial charge in [-0.15, -0.1) is 10.2 Å². The van der Waals surface area contributed by atoms with Gasteiger partial charge in [-0.25, -0.2) is 0 Å². The number of carbonyl (C=O) groups excluding carboxylic acids is 1. The third-order valence-electron chi connectivity index (χ3n) is 3.09. The summed E-state index contributed by atoms with van der Waals surface area (Å²) in [6.07, 6.45) is 4.31. The van der Waals surface area contributed by atoms with Crippen LogP contribution in [0.15, 0.2) is 18.2 Å². The van der Waals surface area contributed by atoms with Crippen molar-refractivity contribution in [2.45, 2.75) is 32.6 Å². The van der Waals surface area contributed by atoms with Gasteiger partial charge in [0, 0.05) is 11.4 Å². The normalized spacial score (nSPS) is 10.5. The van der Waals surface area contributed by atoms with Crippen molar-refractivity contribution in [1.82, 2.24) is 10.2 Å². The number of hydrogen-bond donors (Lipinski definition) is 1. The quantitative estimate of drug-likeness (QED) is 0.768. The van der Waals surface area contributed by atoms with Crippen LogP contribution in [-0.2, 0) is 6.42 Å². The van der Waals surface area contributed by atoms with Gasteiger partial charge in [0.15, 0.2) is 0 Å². The molecule has 1 heterocycles. The van der Waals surface area contributed by atoms with E-state index in [1.54, 1.807) is 18.2 Å². The minimum atomic E-state index is -0.310. The summed E-state index contributed by atoms with van der Waals surface area (Å²) in [5.74, 6) is 0.158. The minimum Gasteiger partial charge on any atom is -0.496 e. The number of carbonyl (C=O) groups is 1. The summed E-state index contributed by atoms with van der Waals surface area (Å²) in [5.41, 5.74) is 0.373. The standard InChI is InChI=1S/C15H18ClN3O2S/c1-3-4-5-6-13-18-19-15(22-13)17-14(20)11-9-10(16)7-8-12(11)21-2/h7-9H,3-6H2,1-2H3,(H,17,19,20). The lowest BCUT2D eigenvalue weighted by molar-refractivity contribution is 0.102. The largest absolute Gasteiger partial charge is 0.496 e. The first-order valence-electron chi connectivity index (χ1n) is 7.11. The fraction of sp³-hybridized carbons (Fsp3) is 0.400. The van der Waals surface area contributed by atoms with Gasteiger partial charge in [0.05, 0.1) is 12.7 Å². The highest BCUT2D eigenvalue weighted by atomic mass is 35.5. The molecule has 0 spiro atoms. The summed E-state index contributed by atoms with van der Waals surface area (Å²) >= 11 is 7.33. The molecule has 2 rings (SSSR count). The summed E-state index contributed by atoms with van der Waals surface area (Å²) in [4.78, 5) is 12.3. The van der Waals surface area contributed by atoms with Gasteiger partial charge in [0.25, 0.3) is 5.91 Å². The van der Waals surface area contributed by atoms with Crippen molar-refractivity contribution in [3.05, 3.63) is 33.8 Å². The smallest absolute Gasteiger partial charge is 0.261 e. The van der Waals surface area contributed by atoms with E-state index < -0.39 is 0 Å². The van der Waals surface area contributed by atoms with Crippen molar-refractivity contribution in [3.8, 4) is 5.75 Å². The van der Waals surface area contributed by atoms with Gasteiger partial charge in [-0.3, -0.25) is 10.1 Å². The average Bonchev–Trinajstić information content (AvgIpc) is 2.95. The molecule has 118 valence electrons. The van der Waals surface area contributed by atoms with E-state index in [2.05, 4.69) is 22.4 Å². The van der Waals surface area contributed by atoms with Crippen LogP contribution in [0.4, 0.5) is 5.13 Å². The van der Waals surface area contributed by atoms with Crippen LogP contribution in [0.1, 0.15) is 41.6 Å². The van der Waals surface area contributed by atoms with Crippen LogP contribution >= 0.6 is 22.9 Å². The van der Waals surface area contributed by atoms with Crippen LogP contribution in [0, 0.1) is 0 Å². The zero-order chi connectivity index (χ0) is 15.9. The molecule has 0 atom stereocenters. The molecule has 0 saturated carbocycles. The van der Waals surface area contributed by atoms with Crippen LogP contribution < -0.4 is 10.1 Å². The molecular formula is C15H18ClN3O2S. The maximum Gasteiger partial charge on any atom is 0.261 e. The fourth-order valence-corrected chi connectivity index (χ4v) is 2.90. The molecule has 0 bridgehead atoms. The summed E-state index contributed by atoms with van der Waals surface area (Å²) in [6, 6.07) is 4.90. The van der Waals surface area contributed by atoms with Crippen molar-refractivity contribution >= 4 is 34.0 Å². The molecule has 0 saturated heterocycles. The molecule has 0 aliphatic carbocycles. The highest BCUT2D eigenvalue weighted by Crippen LogP contribution is 2.24. The average molecular weight is 340 g/mol. The Bertz CT molecular complexity index is 645. The molecule has 1 N–H and O–H groups in total. The van der Waals surface area contributed by atoms with Crippen LogP contribution in [-0.4, -0.2) is 23.2 Å². The number of methoxy groups -OCH3 is 1. The molecule has 0 aliphatic rings. The zero-order valence-electron chi connectivity index (χ0n) is 12.6. The SMILES string of the molecule is CCCCCc1nnc(NC(=O)c2cc(Cl)ccc2OC)s1. The van der Waals surface area contributed by atoms with Crippen LogP contribution in [0.3, 0.4) is 0 Å². The van der Waals surface area contributed by atoms with E-state index in [4.69, 9.17) is 16.3 Å². The van der Waals surface area contributed by atoms with Gasteiger partial charge in [-0.05, 0) is 24.6 Å². The number of aromatic nitrogens is 2. The van der Waals surface area contributed by atoms with Crippen molar-refractivity contribution in [2.24, 2.45) is 0 Å². The van der Waals surface area contributed by atoms with E-state index in [9.17, 15) is 4.79 Å². The number of amides is 1. The maximum absolute atomic E-state index is 12.3. The third-order valence-corrected chi connectivity index (χ3v) is 4.22. The lowest BCUT2D eigenvalue weighted by Crippen LogP contribution is -2.13. The van der Waals surface area contributed by atoms with Gasteiger partial charge < -0.3 is 4.74 Å². The molecule has 0 unspecified atom stereocenters. The highest BCUT2D eigenvalue weighted by molar-refractivity contribution is 7.15. The second-order valence-electron chi connectivity index (χ2n) is 4.76. The first-order valence-corrected chi connectivity index (χ1v) is 8.30. The van der Waals surface area contributed by atoms with Gasteiger partial charge in [-0.1, -0.05) is 42.7 Å². The highest BCUT2D eigenvalue weighted by Gasteiger charge is 2.15. The molecule has 0 radical (unpaired) electrons. The molecule has 0 fully saturated rings. The van der Waals surface area contributed by atoms with E-state index in [1.165, 1.54) is 24.9 Å². The second-order valence-corrected chi connectivity index (χ2v) is 6.26. The third kappa shape index (κ3) is 4.42. The Kier molecular flexibility index (Phi) is 6.15. The van der Waals surface area contributed by atoms with E-state index in [0.29, 0.717) is 21.5 Å². The Labute approximate surface area is 138 Å². The fourth-order valence-electron chi connectivity index (χ4n) is 1.95. The van der Waals surface area contributed by atoms with E-state index in [-0.39, 0.29) is 5.91 Å². The maximum atomic E-state index is 12.3. The number of aryl methyl sites for hydroxylation is 1. The number of nitrogens with zero attached hydrogens (tertiary/aromatic N) is 2. The number of halogens is 1. The predicted molar refractivity (Wildman–Crippen MR) is 89.1 cm³/mol. The molecule has 7 heteroatoms. The molecule has 1 amide bonds. The Hall–Kier alpha value is -1.66. The van der Waals surface area contributed by atoms with Crippen LogP contribution in [0.2, 0.25) is 5.02 Å². The van der Waals surface area contributed by atoms with Gasteiger partial charge in [0.2, 0.25) is 5.13 Å². The van der Waals surface area contributed by atoms with E-state index in [1.807, 2.05) is 0 Å². The number of rotatable bonds is 7. The Morgan fingerprint density at radius 2 is 2.18 bits per heavy atom. The lowest BCUT2D eigenvalue weighted by atomic mass is 10.2. The Morgan fingerprint density at radius 3 is 2.91 bits per heavy atom. The molecular weight excluding hydrogens is 322 g/mol. The van der Waals surface area contributed by atoms with Crippen LogP contribution in [0.5, 0.6) is 5.75 Å². The topological polar surface area (TPSA) is 64.1 Å². The number of benzene rings is 1. The number of anilines is 1. The summed E-state index contributed by atoms with van der Waals surface area (Å²) in [6.45, 7) is 2.16. The van der Waals surface area contributed by atoms with Gasteiger partial charge >= 0.3 is 0 Å². The molecule has 22 heavy (non-hydrogen) atoms. The van der Waals surface area contributed by atoms with E-state index >= 15 is 0 Å². The molecule has 0 aliphatic heterocycles. The first kappa shape index (κ1) is 16.7. The minimum absolute atomic E-state index is 0.310. The van der Waals surface area contributed by atoms with Crippen molar-refractivity contribution in [2.75, 3.05) is 12.4 Å². The van der Waals surface area contributed by atoms with Gasteiger partial charge in [0.1, 0.15) is 10.8 Å². The Morgan fingerprint density at radius 1 is 1.36 bits per heavy atom. The van der Waals surface area contributed by atoms with Crippen molar-refractivity contribution in [3.63, 3.8) is 0 Å². The monoisotopic (exact) mass is 339 g/mol. The first-order chi connectivity index (χ1) is 10.6. The zero-order valence-corrected chi connectivity index (χ0v) is 14.1. The van der Waals surface area contributed by atoms with E-state index in [0.717, 1.165) is 24.3 Å². The number of hydrogen-bond acceptors (Lipinski definition) is 5. The predicted octanol–water partition coefficient (Wildman–Crippen LogP) is 4.19. The number of ether oxygens (including phenoxy) is 1. The summed E-state index contributed by atoms with van der Waals surface area (Å²) < 4.78 is 5.18. The van der Waals surface area contributed by atoms with Crippen molar-refractivity contribution in [1.29, 1.82) is 0 Å².